The van der Waals surface area contributed by atoms with Crippen LogP contribution < -0.4 is 10.2 Å². The van der Waals surface area contributed by atoms with Crippen molar-refractivity contribution >= 4 is 5.69 Å². The van der Waals surface area contributed by atoms with Crippen molar-refractivity contribution < 1.29 is 8.78 Å². The summed E-state index contributed by atoms with van der Waals surface area (Å²) in [4.78, 5) is 1.91. The van der Waals surface area contributed by atoms with Crippen molar-refractivity contribution in [2.75, 3.05) is 25.0 Å². The molecule has 16 heavy (non-hydrogen) atoms. The van der Waals surface area contributed by atoms with Crippen LogP contribution in [0.3, 0.4) is 0 Å². The maximum atomic E-state index is 13.5. The van der Waals surface area contributed by atoms with Gasteiger partial charge in [-0.15, -0.1) is 0 Å². The van der Waals surface area contributed by atoms with E-state index in [2.05, 4.69) is 5.32 Å². The Balaban J connectivity index is 2.11. The van der Waals surface area contributed by atoms with Gasteiger partial charge in [0.1, 0.15) is 0 Å². The van der Waals surface area contributed by atoms with Gasteiger partial charge in [-0.2, -0.15) is 0 Å². The quantitative estimate of drug-likeness (QED) is 0.831. The summed E-state index contributed by atoms with van der Waals surface area (Å²) in [5.41, 5.74) is 0.384. The van der Waals surface area contributed by atoms with E-state index in [1.165, 1.54) is 0 Å². The third-order valence-corrected chi connectivity index (χ3v) is 3.18. The highest BCUT2D eigenvalue weighted by molar-refractivity contribution is 5.48. The molecule has 1 N–H and O–H groups in total. The Hall–Kier alpha value is -1.16. The Morgan fingerprint density at radius 3 is 2.56 bits per heavy atom. The number of anilines is 1. The molecule has 1 aromatic rings. The highest BCUT2D eigenvalue weighted by Crippen LogP contribution is 2.24. The van der Waals surface area contributed by atoms with Gasteiger partial charge in [0, 0.05) is 19.1 Å². The van der Waals surface area contributed by atoms with Gasteiger partial charge in [0.05, 0.1) is 5.69 Å². The molecule has 0 aromatic heterocycles. The largest absolute Gasteiger partial charge is 0.369 e. The van der Waals surface area contributed by atoms with Crippen LogP contribution in [0.25, 0.3) is 0 Å². The van der Waals surface area contributed by atoms with Crippen molar-refractivity contribution in [1.82, 2.24) is 5.32 Å². The lowest BCUT2D eigenvalue weighted by Crippen LogP contribution is -2.41. The minimum atomic E-state index is -0.770. The molecule has 0 spiro atoms. The van der Waals surface area contributed by atoms with E-state index in [1.54, 1.807) is 12.1 Å². The minimum absolute atomic E-state index is 0.384. The van der Waals surface area contributed by atoms with Gasteiger partial charge >= 0.3 is 0 Å². The first-order valence-electron chi connectivity index (χ1n) is 5.58. The molecule has 0 unspecified atom stereocenters. The van der Waals surface area contributed by atoms with E-state index in [9.17, 15) is 8.78 Å². The molecule has 1 fully saturated rings. The van der Waals surface area contributed by atoms with Gasteiger partial charge in [0.2, 0.25) is 0 Å². The predicted octanol–water partition coefficient (Wildman–Crippen LogP) is 2.15. The molecule has 1 aliphatic heterocycles. The van der Waals surface area contributed by atoms with Gasteiger partial charge in [-0.05, 0) is 32.0 Å². The maximum absolute atomic E-state index is 13.5. The molecule has 0 amide bonds. The molecule has 0 aliphatic carbocycles. The number of hydrogen-bond acceptors (Lipinski definition) is 2. The van der Waals surface area contributed by atoms with Gasteiger partial charge < -0.3 is 10.2 Å². The fourth-order valence-corrected chi connectivity index (χ4v) is 2.15. The topological polar surface area (TPSA) is 15.3 Å². The second-order valence-electron chi connectivity index (χ2n) is 4.12. The fourth-order valence-electron chi connectivity index (χ4n) is 2.15. The van der Waals surface area contributed by atoms with Crippen molar-refractivity contribution in [3.8, 4) is 0 Å². The van der Waals surface area contributed by atoms with Gasteiger partial charge in [0.25, 0.3) is 0 Å². The number of piperidine rings is 1. The maximum Gasteiger partial charge on any atom is 0.182 e. The summed E-state index contributed by atoms with van der Waals surface area (Å²) in [6, 6.07) is 4.84. The zero-order chi connectivity index (χ0) is 11.5. The van der Waals surface area contributed by atoms with E-state index in [0.717, 1.165) is 32.0 Å². The van der Waals surface area contributed by atoms with Crippen molar-refractivity contribution in [1.29, 1.82) is 0 Å². The molecule has 1 aromatic carbocycles. The van der Waals surface area contributed by atoms with Crippen molar-refractivity contribution in [2.24, 2.45) is 0 Å². The molecule has 2 nitrogen and oxygen atoms in total. The molecule has 88 valence electrons. The highest BCUT2D eigenvalue weighted by atomic mass is 19.2. The third kappa shape index (κ3) is 2.16. The molecule has 0 atom stereocenters. The number of nitrogens with one attached hydrogen (secondary N) is 1. The predicted molar refractivity (Wildman–Crippen MR) is 60.7 cm³/mol. The third-order valence-electron chi connectivity index (χ3n) is 3.18. The Kier molecular flexibility index (Phi) is 3.39. The number of hydrogen-bond donors (Lipinski definition) is 1. The Morgan fingerprint density at radius 2 is 1.94 bits per heavy atom. The molecule has 2 rings (SSSR count). The molecule has 4 heteroatoms. The molecule has 1 saturated heterocycles. The Labute approximate surface area is 94.3 Å². The number of benzene rings is 1. The highest BCUT2D eigenvalue weighted by Gasteiger charge is 2.21. The average molecular weight is 226 g/mol. The molecule has 0 radical (unpaired) electrons. The first-order chi connectivity index (χ1) is 7.72. The molecular formula is C12H16F2N2. The Morgan fingerprint density at radius 1 is 1.25 bits per heavy atom. The zero-order valence-corrected chi connectivity index (χ0v) is 9.34. The lowest BCUT2D eigenvalue weighted by molar-refractivity contribution is 0.435. The molecular weight excluding hydrogens is 210 g/mol. The first-order valence-corrected chi connectivity index (χ1v) is 5.58. The van der Waals surface area contributed by atoms with E-state index >= 15 is 0 Å². The first kappa shape index (κ1) is 11.3. The normalized spacial score (nSPS) is 17.8. The van der Waals surface area contributed by atoms with Crippen LogP contribution in [-0.4, -0.2) is 26.2 Å². The molecule has 1 heterocycles. The number of rotatable bonds is 2. The Bertz CT molecular complexity index is 360. The summed E-state index contributed by atoms with van der Waals surface area (Å²) >= 11 is 0. The average Bonchev–Trinajstić information content (AvgIpc) is 2.33. The lowest BCUT2D eigenvalue weighted by Gasteiger charge is -2.33. The molecule has 0 bridgehead atoms. The van der Waals surface area contributed by atoms with Crippen LogP contribution in [0.5, 0.6) is 0 Å². The van der Waals surface area contributed by atoms with Crippen LogP contribution in [0.2, 0.25) is 0 Å². The second-order valence-corrected chi connectivity index (χ2v) is 4.12. The monoisotopic (exact) mass is 226 g/mol. The van der Waals surface area contributed by atoms with Gasteiger partial charge in [-0.25, -0.2) is 8.78 Å². The van der Waals surface area contributed by atoms with Crippen LogP contribution in [0.4, 0.5) is 14.5 Å². The van der Waals surface area contributed by atoms with Crippen molar-refractivity contribution in [3.63, 3.8) is 0 Å². The van der Waals surface area contributed by atoms with E-state index < -0.39 is 11.6 Å². The van der Waals surface area contributed by atoms with Crippen LogP contribution in [-0.2, 0) is 0 Å². The van der Waals surface area contributed by atoms with E-state index in [1.807, 2.05) is 11.9 Å². The van der Waals surface area contributed by atoms with E-state index in [4.69, 9.17) is 0 Å². The van der Waals surface area contributed by atoms with Crippen molar-refractivity contribution in [2.45, 2.75) is 18.9 Å². The zero-order valence-electron chi connectivity index (χ0n) is 9.34. The van der Waals surface area contributed by atoms with E-state index in [0.29, 0.717) is 11.7 Å². The molecule has 0 saturated carbocycles. The smallest absolute Gasteiger partial charge is 0.182 e. The molecule has 1 aliphatic rings. The van der Waals surface area contributed by atoms with Crippen LogP contribution >= 0.6 is 0 Å². The van der Waals surface area contributed by atoms with Gasteiger partial charge in [-0.1, -0.05) is 6.07 Å². The van der Waals surface area contributed by atoms with Crippen LogP contribution in [0.15, 0.2) is 18.2 Å². The second kappa shape index (κ2) is 4.78. The van der Waals surface area contributed by atoms with Crippen LogP contribution in [0, 0.1) is 11.6 Å². The SMILES string of the molecule is CNC1CCN(c2cccc(F)c2F)CC1. The summed E-state index contributed by atoms with van der Waals surface area (Å²) in [6.07, 6.45) is 1.93. The standard InChI is InChI=1S/C12H16F2N2/c1-15-9-5-7-16(8-6-9)11-4-2-3-10(13)12(11)14/h2-4,9,15H,5-8H2,1H3. The minimum Gasteiger partial charge on any atom is -0.369 e. The summed E-state index contributed by atoms with van der Waals surface area (Å²) in [5, 5.41) is 3.21. The summed E-state index contributed by atoms with van der Waals surface area (Å²) in [6.45, 7) is 1.54. The fraction of sp³-hybridized carbons (Fsp3) is 0.500. The summed E-state index contributed by atoms with van der Waals surface area (Å²) in [7, 11) is 1.93. The van der Waals surface area contributed by atoms with Gasteiger partial charge in [0.15, 0.2) is 11.6 Å². The van der Waals surface area contributed by atoms with Crippen molar-refractivity contribution in [3.05, 3.63) is 29.8 Å². The lowest BCUT2D eigenvalue weighted by atomic mass is 10.0. The van der Waals surface area contributed by atoms with Gasteiger partial charge in [-0.3, -0.25) is 0 Å². The number of nitrogens with zero attached hydrogens (tertiary/aromatic N) is 1. The number of halogens is 2. The van der Waals surface area contributed by atoms with Crippen LogP contribution in [0.1, 0.15) is 12.8 Å². The summed E-state index contributed by atoms with van der Waals surface area (Å²) in [5.74, 6) is -1.50. The van der Waals surface area contributed by atoms with E-state index in [-0.39, 0.29) is 0 Å². The summed E-state index contributed by atoms with van der Waals surface area (Å²) < 4.78 is 26.6.